The molecule has 0 fully saturated rings. The molecule has 1 aromatic heterocycles. The normalized spacial score (nSPS) is 10.2. The first-order valence-corrected chi connectivity index (χ1v) is 9.04. The first-order chi connectivity index (χ1) is 13.2. The SMILES string of the molecule is CCOC(=O)c1c(-c2ccccc2)c(SC#N)c(-c2ccccc2)oc1=O. The highest BCUT2D eigenvalue weighted by molar-refractivity contribution is 8.04. The van der Waals surface area contributed by atoms with Crippen molar-refractivity contribution in [1.29, 1.82) is 5.26 Å². The molecule has 3 aromatic rings. The molecule has 0 unspecified atom stereocenters. The number of benzene rings is 2. The van der Waals surface area contributed by atoms with E-state index in [-0.39, 0.29) is 17.9 Å². The molecule has 0 aliphatic carbocycles. The van der Waals surface area contributed by atoms with Crippen molar-refractivity contribution in [3.05, 3.63) is 76.6 Å². The molecular weight excluding hydrogens is 362 g/mol. The first-order valence-electron chi connectivity index (χ1n) is 8.22. The van der Waals surface area contributed by atoms with Crippen LogP contribution >= 0.6 is 11.8 Å². The molecule has 0 atom stereocenters. The predicted molar refractivity (Wildman–Crippen MR) is 103 cm³/mol. The smallest absolute Gasteiger partial charge is 0.351 e. The second kappa shape index (κ2) is 8.39. The molecule has 2 aromatic carbocycles. The molecule has 0 spiro atoms. The molecule has 0 radical (unpaired) electrons. The Morgan fingerprint density at radius 3 is 2.22 bits per heavy atom. The van der Waals surface area contributed by atoms with Crippen LogP contribution in [-0.2, 0) is 4.74 Å². The van der Waals surface area contributed by atoms with Crippen molar-refractivity contribution >= 4 is 17.7 Å². The lowest BCUT2D eigenvalue weighted by Crippen LogP contribution is -2.19. The van der Waals surface area contributed by atoms with E-state index < -0.39 is 11.6 Å². The summed E-state index contributed by atoms with van der Waals surface area (Å²) in [7, 11) is 0. The number of thioether (sulfide) groups is 1. The maximum Gasteiger partial charge on any atom is 0.351 e. The summed E-state index contributed by atoms with van der Waals surface area (Å²) in [5.74, 6) is -0.524. The van der Waals surface area contributed by atoms with E-state index in [0.29, 0.717) is 21.6 Å². The standard InChI is InChI=1S/C21H15NO4S/c1-2-25-20(23)17-16(14-9-5-3-6-10-14)19(27-13-22)18(26-21(17)24)15-11-7-4-8-12-15/h3-12H,2H2,1H3. The maximum atomic E-state index is 12.7. The van der Waals surface area contributed by atoms with Crippen LogP contribution in [0.5, 0.6) is 0 Å². The number of hydrogen-bond donors (Lipinski definition) is 0. The second-order valence-electron chi connectivity index (χ2n) is 5.44. The van der Waals surface area contributed by atoms with E-state index in [4.69, 9.17) is 9.15 Å². The van der Waals surface area contributed by atoms with Crippen LogP contribution in [0.15, 0.2) is 74.8 Å². The summed E-state index contributed by atoms with van der Waals surface area (Å²) in [6.07, 6.45) is 0. The fraction of sp³-hybridized carbons (Fsp3) is 0.0952. The molecule has 27 heavy (non-hydrogen) atoms. The molecule has 134 valence electrons. The summed E-state index contributed by atoms with van der Waals surface area (Å²) in [5, 5.41) is 11.4. The number of carbonyl (C=O) groups is 1. The zero-order chi connectivity index (χ0) is 19.2. The molecule has 0 N–H and O–H groups in total. The van der Waals surface area contributed by atoms with Gasteiger partial charge < -0.3 is 9.15 Å². The Kier molecular flexibility index (Phi) is 5.74. The largest absolute Gasteiger partial charge is 0.462 e. The van der Waals surface area contributed by atoms with E-state index in [1.807, 2.05) is 17.5 Å². The van der Waals surface area contributed by atoms with Crippen molar-refractivity contribution in [2.75, 3.05) is 6.61 Å². The lowest BCUT2D eigenvalue weighted by atomic mass is 9.99. The fourth-order valence-corrected chi connectivity index (χ4v) is 3.38. The van der Waals surface area contributed by atoms with Crippen molar-refractivity contribution in [2.24, 2.45) is 0 Å². The fourth-order valence-electron chi connectivity index (χ4n) is 2.71. The van der Waals surface area contributed by atoms with Crippen LogP contribution < -0.4 is 5.63 Å². The number of carbonyl (C=O) groups excluding carboxylic acids is 1. The van der Waals surface area contributed by atoms with Crippen LogP contribution in [0.25, 0.3) is 22.5 Å². The number of hydrogen-bond acceptors (Lipinski definition) is 6. The van der Waals surface area contributed by atoms with Crippen molar-refractivity contribution in [3.63, 3.8) is 0 Å². The Bertz CT molecular complexity index is 1050. The number of nitrogens with zero attached hydrogens (tertiary/aromatic N) is 1. The van der Waals surface area contributed by atoms with E-state index in [1.165, 1.54) is 0 Å². The molecule has 0 aliphatic heterocycles. The average Bonchev–Trinajstić information content (AvgIpc) is 2.70. The third-order valence-corrected chi connectivity index (χ3v) is 4.49. The third kappa shape index (κ3) is 3.78. The molecule has 0 bridgehead atoms. The summed E-state index contributed by atoms with van der Waals surface area (Å²) in [5.41, 5.74) is 0.605. The summed E-state index contributed by atoms with van der Waals surface area (Å²) < 4.78 is 10.5. The highest BCUT2D eigenvalue weighted by Crippen LogP contribution is 2.40. The predicted octanol–water partition coefficient (Wildman–Crippen LogP) is 4.72. The van der Waals surface area contributed by atoms with Crippen LogP contribution in [-0.4, -0.2) is 12.6 Å². The van der Waals surface area contributed by atoms with Crippen LogP contribution in [0.3, 0.4) is 0 Å². The van der Waals surface area contributed by atoms with Gasteiger partial charge in [0.1, 0.15) is 5.40 Å². The van der Waals surface area contributed by atoms with Gasteiger partial charge >= 0.3 is 11.6 Å². The first kappa shape index (κ1) is 18.5. The van der Waals surface area contributed by atoms with E-state index in [2.05, 4.69) is 0 Å². The Morgan fingerprint density at radius 2 is 1.67 bits per heavy atom. The lowest BCUT2D eigenvalue weighted by molar-refractivity contribution is 0.0522. The molecule has 1 heterocycles. The maximum absolute atomic E-state index is 12.7. The van der Waals surface area contributed by atoms with Gasteiger partial charge in [-0.1, -0.05) is 60.7 Å². The van der Waals surface area contributed by atoms with E-state index in [9.17, 15) is 14.9 Å². The van der Waals surface area contributed by atoms with Gasteiger partial charge in [-0.05, 0) is 24.2 Å². The number of nitriles is 1. The Balaban J connectivity index is 2.41. The van der Waals surface area contributed by atoms with Gasteiger partial charge in [0.05, 0.1) is 11.5 Å². The second-order valence-corrected chi connectivity index (χ2v) is 6.24. The van der Waals surface area contributed by atoms with Gasteiger partial charge in [0.2, 0.25) is 0 Å². The summed E-state index contributed by atoms with van der Waals surface area (Å²) in [6, 6.07) is 18.0. The summed E-state index contributed by atoms with van der Waals surface area (Å²) in [4.78, 5) is 25.6. The molecule has 0 saturated heterocycles. The number of thiocyanates is 1. The van der Waals surface area contributed by atoms with E-state index in [0.717, 1.165) is 11.8 Å². The molecule has 0 amide bonds. The number of ether oxygens (including phenoxy) is 1. The van der Waals surface area contributed by atoms with Gasteiger partial charge in [-0.25, -0.2) is 9.59 Å². The van der Waals surface area contributed by atoms with Crippen molar-refractivity contribution in [3.8, 4) is 27.9 Å². The Labute approximate surface area is 160 Å². The zero-order valence-electron chi connectivity index (χ0n) is 14.5. The number of rotatable bonds is 5. The topological polar surface area (TPSA) is 80.3 Å². The third-order valence-electron chi connectivity index (χ3n) is 3.81. The zero-order valence-corrected chi connectivity index (χ0v) is 15.3. The minimum absolute atomic E-state index is 0.119. The minimum atomic E-state index is -0.798. The summed E-state index contributed by atoms with van der Waals surface area (Å²) >= 11 is 0.842. The van der Waals surface area contributed by atoms with Gasteiger partial charge in [0, 0.05) is 11.1 Å². The molecule has 5 nitrogen and oxygen atoms in total. The van der Waals surface area contributed by atoms with Crippen molar-refractivity contribution < 1.29 is 13.9 Å². The van der Waals surface area contributed by atoms with Crippen LogP contribution in [0.1, 0.15) is 17.3 Å². The van der Waals surface area contributed by atoms with Crippen LogP contribution in [0.4, 0.5) is 0 Å². The lowest BCUT2D eigenvalue weighted by Gasteiger charge is -2.14. The van der Waals surface area contributed by atoms with Crippen molar-refractivity contribution in [1.82, 2.24) is 0 Å². The quantitative estimate of drug-likeness (QED) is 0.363. The highest BCUT2D eigenvalue weighted by Gasteiger charge is 2.27. The van der Waals surface area contributed by atoms with E-state index >= 15 is 0 Å². The van der Waals surface area contributed by atoms with Gasteiger partial charge in [0.15, 0.2) is 11.3 Å². The molecule has 0 saturated carbocycles. The molecular formula is C21H15NO4S. The van der Waals surface area contributed by atoms with Gasteiger partial charge in [-0.15, -0.1) is 0 Å². The van der Waals surface area contributed by atoms with E-state index in [1.54, 1.807) is 55.5 Å². The average molecular weight is 377 g/mol. The Hall–Kier alpha value is -3.30. The highest BCUT2D eigenvalue weighted by atomic mass is 32.2. The van der Waals surface area contributed by atoms with Gasteiger partial charge in [-0.2, -0.15) is 5.26 Å². The minimum Gasteiger partial charge on any atom is -0.462 e. The molecule has 6 heteroatoms. The number of esters is 1. The van der Waals surface area contributed by atoms with Gasteiger partial charge in [-0.3, -0.25) is 0 Å². The monoisotopic (exact) mass is 377 g/mol. The van der Waals surface area contributed by atoms with Crippen molar-refractivity contribution in [2.45, 2.75) is 11.8 Å². The van der Waals surface area contributed by atoms with Crippen LogP contribution in [0, 0.1) is 10.7 Å². The van der Waals surface area contributed by atoms with Crippen LogP contribution in [0.2, 0.25) is 0 Å². The summed E-state index contributed by atoms with van der Waals surface area (Å²) in [6.45, 7) is 1.78. The molecule has 0 aliphatic rings. The molecule has 3 rings (SSSR count). The van der Waals surface area contributed by atoms with Gasteiger partial charge in [0.25, 0.3) is 0 Å². The Morgan fingerprint density at radius 1 is 1.07 bits per heavy atom.